The number of thiophene rings is 1. The van der Waals surface area contributed by atoms with Crippen molar-refractivity contribution in [2.24, 2.45) is 0 Å². The molecule has 0 aliphatic carbocycles. The minimum Gasteiger partial charge on any atom is -0.356 e. The van der Waals surface area contributed by atoms with Crippen molar-refractivity contribution in [2.75, 3.05) is 23.3 Å². The summed E-state index contributed by atoms with van der Waals surface area (Å²) in [4.78, 5) is 37.8. The van der Waals surface area contributed by atoms with E-state index in [1.165, 1.54) is 24.3 Å². The predicted molar refractivity (Wildman–Crippen MR) is 122 cm³/mol. The first kappa shape index (κ1) is 22.0. The Hall–Kier alpha value is -3.72. The fourth-order valence-electron chi connectivity index (χ4n) is 2.91. The second-order valence-corrected chi connectivity index (χ2v) is 7.71. The molecular formula is C22H22N4O4S. The van der Waals surface area contributed by atoms with E-state index in [0.717, 1.165) is 4.88 Å². The fraction of sp³-hybridized carbons (Fsp3) is 0.182. The van der Waals surface area contributed by atoms with Crippen LogP contribution in [-0.2, 0) is 11.2 Å². The third-order valence-corrected chi connectivity index (χ3v) is 5.31. The Morgan fingerprint density at radius 2 is 1.74 bits per heavy atom. The summed E-state index contributed by atoms with van der Waals surface area (Å²) in [6, 6.07) is 18.3. The lowest BCUT2D eigenvalue weighted by atomic mass is 10.2. The van der Waals surface area contributed by atoms with Gasteiger partial charge in [0.2, 0.25) is 5.91 Å². The van der Waals surface area contributed by atoms with E-state index in [1.807, 2.05) is 47.8 Å². The normalized spacial score (nSPS) is 10.3. The summed E-state index contributed by atoms with van der Waals surface area (Å²) < 4.78 is 0. The molecule has 2 N–H and O–H groups in total. The maximum Gasteiger partial charge on any atom is 0.326 e. The van der Waals surface area contributed by atoms with Crippen LogP contribution in [0.2, 0.25) is 0 Å². The number of para-hydroxylation sites is 1. The van der Waals surface area contributed by atoms with Gasteiger partial charge in [-0.1, -0.05) is 24.3 Å². The van der Waals surface area contributed by atoms with Gasteiger partial charge < -0.3 is 10.6 Å². The summed E-state index contributed by atoms with van der Waals surface area (Å²) in [5, 5.41) is 18.4. The number of benzene rings is 2. The highest BCUT2D eigenvalue weighted by Crippen LogP contribution is 2.19. The van der Waals surface area contributed by atoms with Crippen molar-refractivity contribution in [2.45, 2.75) is 12.8 Å². The number of urea groups is 1. The fourth-order valence-corrected chi connectivity index (χ4v) is 3.62. The average molecular weight is 439 g/mol. The third kappa shape index (κ3) is 6.65. The number of hydrogen-bond donors (Lipinski definition) is 2. The maximum absolute atomic E-state index is 12.9. The number of anilines is 2. The zero-order valence-corrected chi connectivity index (χ0v) is 17.5. The number of amides is 3. The van der Waals surface area contributed by atoms with E-state index in [1.54, 1.807) is 16.2 Å². The van der Waals surface area contributed by atoms with Crippen molar-refractivity contribution in [3.05, 3.63) is 87.1 Å². The predicted octanol–water partition coefficient (Wildman–Crippen LogP) is 4.44. The Bertz CT molecular complexity index is 1010. The first-order valence-electron chi connectivity index (χ1n) is 9.70. The maximum atomic E-state index is 12.9. The smallest absolute Gasteiger partial charge is 0.326 e. The number of nitrogens with zero attached hydrogens (tertiary/aromatic N) is 2. The van der Waals surface area contributed by atoms with Gasteiger partial charge in [0, 0.05) is 41.5 Å². The molecule has 0 bridgehead atoms. The van der Waals surface area contributed by atoms with E-state index in [9.17, 15) is 19.7 Å². The zero-order valence-electron chi connectivity index (χ0n) is 16.7. The SMILES string of the molecule is O=C(Cc1cccs1)NCCCN(C(=O)Nc1ccc([N+](=O)[O-])cc1)c1ccccc1. The number of carbonyl (C=O) groups is 2. The first-order valence-corrected chi connectivity index (χ1v) is 10.6. The molecule has 31 heavy (non-hydrogen) atoms. The Morgan fingerprint density at radius 3 is 2.39 bits per heavy atom. The number of rotatable bonds is 9. The van der Waals surface area contributed by atoms with Crippen LogP contribution in [0.15, 0.2) is 72.1 Å². The van der Waals surface area contributed by atoms with Gasteiger partial charge in [-0.3, -0.25) is 19.8 Å². The molecule has 2 aromatic carbocycles. The van der Waals surface area contributed by atoms with Crippen molar-refractivity contribution in [1.82, 2.24) is 5.32 Å². The van der Waals surface area contributed by atoms with Crippen LogP contribution >= 0.6 is 11.3 Å². The van der Waals surface area contributed by atoms with Crippen molar-refractivity contribution < 1.29 is 14.5 Å². The topological polar surface area (TPSA) is 105 Å². The van der Waals surface area contributed by atoms with Crippen LogP contribution in [0.4, 0.5) is 21.9 Å². The Balaban J connectivity index is 1.57. The van der Waals surface area contributed by atoms with Crippen molar-refractivity contribution >= 4 is 40.3 Å². The quantitative estimate of drug-likeness (QED) is 0.293. The number of carbonyl (C=O) groups excluding carboxylic acids is 2. The van der Waals surface area contributed by atoms with Gasteiger partial charge in [0.25, 0.3) is 5.69 Å². The van der Waals surface area contributed by atoms with Crippen LogP contribution < -0.4 is 15.5 Å². The highest BCUT2D eigenvalue weighted by Gasteiger charge is 2.16. The molecule has 0 saturated carbocycles. The number of nitro benzene ring substituents is 1. The highest BCUT2D eigenvalue weighted by atomic mass is 32.1. The summed E-state index contributed by atoms with van der Waals surface area (Å²) in [5.41, 5.74) is 1.13. The molecule has 3 aromatic rings. The van der Waals surface area contributed by atoms with Gasteiger partial charge >= 0.3 is 6.03 Å². The van der Waals surface area contributed by atoms with Crippen molar-refractivity contribution in [1.29, 1.82) is 0 Å². The first-order chi connectivity index (χ1) is 15.0. The number of nitro groups is 1. The van der Waals surface area contributed by atoms with Crippen LogP contribution in [0.1, 0.15) is 11.3 Å². The number of non-ortho nitro benzene ring substituents is 1. The van der Waals surface area contributed by atoms with Crippen molar-refractivity contribution in [3.63, 3.8) is 0 Å². The highest BCUT2D eigenvalue weighted by molar-refractivity contribution is 7.10. The molecule has 8 nitrogen and oxygen atoms in total. The number of nitrogens with one attached hydrogen (secondary N) is 2. The molecule has 9 heteroatoms. The second-order valence-electron chi connectivity index (χ2n) is 6.68. The van der Waals surface area contributed by atoms with E-state index < -0.39 is 4.92 Å². The third-order valence-electron chi connectivity index (χ3n) is 4.44. The summed E-state index contributed by atoms with van der Waals surface area (Å²) >= 11 is 1.54. The Kier molecular flexibility index (Phi) is 7.72. The summed E-state index contributed by atoms with van der Waals surface area (Å²) in [5.74, 6) is -0.0518. The van der Waals surface area contributed by atoms with Gasteiger partial charge in [-0.25, -0.2) is 4.79 Å². The van der Waals surface area contributed by atoms with Gasteiger partial charge in [0.15, 0.2) is 0 Å². The minimum atomic E-state index is -0.491. The summed E-state index contributed by atoms with van der Waals surface area (Å²) in [6.45, 7) is 0.834. The molecule has 1 heterocycles. The van der Waals surface area contributed by atoms with E-state index in [0.29, 0.717) is 37.3 Å². The van der Waals surface area contributed by atoms with Gasteiger partial charge in [0.05, 0.1) is 11.3 Å². The molecule has 1 aromatic heterocycles. The van der Waals surface area contributed by atoms with Crippen LogP contribution in [0, 0.1) is 10.1 Å². The zero-order chi connectivity index (χ0) is 22.1. The van der Waals surface area contributed by atoms with Crippen LogP contribution in [0.3, 0.4) is 0 Å². The average Bonchev–Trinajstić information content (AvgIpc) is 3.27. The van der Waals surface area contributed by atoms with Crippen LogP contribution in [0.5, 0.6) is 0 Å². The van der Waals surface area contributed by atoms with Gasteiger partial charge in [-0.2, -0.15) is 0 Å². The molecule has 160 valence electrons. The van der Waals surface area contributed by atoms with E-state index >= 15 is 0 Å². The van der Waals surface area contributed by atoms with Gasteiger partial charge in [-0.15, -0.1) is 11.3 Å². The lowest BCUT2D eigenvalue weighted by Crippen LogP contribution is -2.37. The van der Waals surface area contributed by atoms with Crippen LogP contribution in [0.25, 0.3) is 0 Å². The lowest BCUT2D eigenvalue weighted by Gasteiger charge is -2.23. The molecule has 0 aliphatic rings. The largest absolute Gasteiger partial charge is 0.356 e. The monoisotopic (exact) mass is 438 g/mol. The molecule has 0 radical (unpaired) electrons. The standard InChI is InChI=1S/C22H22N4O4S/c27-21(16-20-8-4-15-31-20)23-13-5-14-25(18-6-2-1-3-7-18)22(28)24-17-9-11-19(12-10-17)26(29)30/h1-4,6-12,15H,5,13-14,16H2,(H,23,27)(H,24,28). The summed E-state index contributed by atoms with van der Waals surface area (Å²) in [7, 11) is 0. The van der Waals surface area contributed by atoms with E-state index in [4.69, 9.17) is 0 Å². The minimum absolute atomic E-state index is 0.0452. The number of hydrogen-bond acceptors (Lipinski definition) is 5. The summed E-state index contributed by atoms with van der Waals surface area (Å²) in [6.07, 6.45) is 0.916. The van der Waals surface area contributed by atoms with E-state index in [2.05, 4.69) is 10.6 Å². The lowest BCUT2D eigenvalue weighted by molar-refractivity contribution is -0.384. The Labute approximate surface area is 183 Å². The van der Waals surface area contributed by atoms with E-state index in [-0.39, 0.29) is 17.6 Å². The van der Waals surface area contributed by atoms with Crippen molar-refractivity contribution in [3.8, 4) is 0 Å². The molecule has 0 spiro atoms. The Morgan fingerprint density at radius 1 is 1.00 bits per heavy atom. The second kappa shape index (κ2) is 10.9. The molecule has 0 aliphatic heterocycles. The molecule has 0 unspecified atom stereocenters. The van der Waals surface area contributed by atoms with Crippen LogP contribution in [-0.4, -0.2) is 30.0 Å². The molecule has 0 fully saturated rings. The van der Waals surface area contributed by atoms with Gasteiger partial charge in [0.1, 0.15) is 0 Å². The van der Waals surface area contributed by atoms with Gasteiger partial charge in [-0.05, 0) is 42.1 Å². The molecule has 3 amide bonds. The molecule has 0 atom stereocenters. The molecular weight excluding hydrogens is 416 g/mol. The molecule has 3 rings (SSSR count). The molecule has 0 saturated heterocycles.